The molecular weight excluding hydrogens is 316 g/mol. The number of aryl methyl sites for hydroxylation is 2. The van der Waals surface area contributed by atoms with Gasteiger partial charge >= 0.3 is 6.01 Å². The Morgan fingerprint density at radius 3 is 2.91 bits per heavy atom. The number of nitrogens with zero attached hydrogens (tertiary/aromatic N) is 3. The van der Waals surface area contributed by atoms with Crippen LogP contribution in [0.15, 0.2) is 36.5 Å². The normalized spacial score (nSPS) is 10.7. The Labute approximate surface area is 138 Å². The number of benzene rings is 1. The standard InChI is InChI=1S/C16H15ClN4O2/c1-10-7-11(2)15(12(17)8-10)18-14(22)9-23-16-20-19-13-5-3-4-6-21(13)16/h3-8H,9H2,1-2H3,(H,18,22). The number of hydrogen-bond donors (Lipinski definition) is 1. The van der Waals surface area contributed by atoms with Crippen molar-refractivity contribution in [2.24, 2.45) is 0 Å². The van der Waals surface area contributed by atoms with Gasteiger partial charge < -0.3 is 10.1 Å². The minimum absolute atomic E-state index is 0.181. The molecule has 0 radical (unpaired) electrons. The quantitative estimate of drug-likeness (QED) is 0.798. The van der Waals surface area contributed by atoms with Crippen molar-refractivity contribution in [3.05, 3.63) is 52.7 Å². The van der Waals surface area contributed by atoms with Gasteiger partial charge in [-0.2, -0.15) is 0 Å². The molecule has 2 aromatic heterocycles. The summed E-state index contributed by atoms with van der Waals surface area (Å²) in [4.78, 5) is 12.1. The zero-order chi connectivity index (χ0) is 16.4. The van der Waals surface area contributed by atoms with Gasteiger partial charge in [-0.3, -0.25) is 9.20 Å². The minimum Gasteiger partial charge on any atom is -0.453 e. The number of hydrogen-bond acceptors (Lipinski definition) is 4. The number of pyridine rings is 1. The lowest BCUT2D eigenvalue weighted by atomic mass is 10.1. The van der Waals surface area contributed by atoms with Crippen molar-refractivity contribution in [1.82, 2.24) is 14.6 Å². The summed E-state index contributed by atoms with van der Waals surface area (Å²) in [5.74, 6) is -0.313. The highest BCUT2D eigenvalue weighted by molar-refractivity contribution is 6.34. The Balaban J connectivity index is 1.69. The van der Waals surface area contributed by atoms with E-state index in [4.69, 9.17) is 16.3 Å². The van der Waals surface area contributed by atoms with Gasteiger partial charge in [-0.15, -0.1) is 5.10 Å². The third kappa shape index (κ3) is 3.27. The zero-order valence-corrected chi connectivity index (χ0v) is 13.5. The van der Waals surface area contributed by atoms with Gasteiger partial charge in [0.15, 0.2) is 12.3 Å². The number of carbonyl (C=O) groups excluding carboxylic acids is 1. The van der Waals surface area contributed by atoms with Crippen LogP contribution in [0.3, 0.4) is 0 Å². The average molecular weight is 331 g/mol. The van der Waals surface area contributed by atoms with Crippen LogP contribution < -0.4 is 10.1 Å². The van der Waals surface area contributed by atoms with Crippen molar-refractivity contribution in [3.63, 3.8) is 0 Å². The molecule has 0 spiro atoms. The SMILES string of the molecule is Cc1cc(C)c(NC(=O)COc2nnc3ccccn23)c(Cl)c1. The van der Waals surface area contributed by atoms with Crippen molar-refractivity contribution in [1.29, 1.82) is 0 Å². The molecule has 0 saturated carbocycles. The van der Waals surface area contributed by atoms with E-state index in [1.807, 2.05) is 32.0 Å². The summed E-state index contributed by atoms with van der Waals surface area (Å²) in [7, 11) is 0. The molecule has 23 heavy (non-hydrogen) atoms. The first kappa shape index (κ1) is 15.3. The Morgan fingerprint density at radius 2 is 2.13 bits per heavy atom. The molecule has 0 aliphatic heterocycles. The van der Waals surface area contributed by atoms with Crippen LogP contribution in [0.1, 0.15) is 11.1 Å². The Bertz CT molecular complexity index is 852. The molecule has 0 atom stereocenters. The largest absolute Gasteiger partial charge is 0.453 e. The van der Waals surface area contributed by atoms with E-state index < -0.39 is 0 Å². The van der Waals surface area contributed by atoms with Gasteiger partial charge in [-0.05, 0) is 43.2 Å². The van der Waals surface area contributed by atoms with Crippen LogP contribution in [0.5, 0.6) is 6.01 Å². The van der Waals surface area contributed by atoms with E-state index in [1.165, 1.54) is 0 Å². The molecule has 0 bridgehead atoms. The third-order valence-corrected chi connectivity index (χ3v) is 3.61. The average Bonchev–Trinajstić information content (AvgIpc) is 2.92. The van der Waals surface area contributed by atoms with Gasteiger partial charge in [-0.1, -0.05) is 28.8 Å². The monoisotopic (exact) mass is 330 g/mol. The smallest absolute Gasteiger partial charge is 0.322 e. The van der Waals surface area contributed by atoms with Crippen molar-refractivity contribution in [2.75, 3.05) is 11.9 Å². The van der Waals surface area contributed by atoms with E-state index >= 15 is 0 Å². The second-order valence-electron chi connectivity index (χ2n) is 5.19. The van der Waals surface area contributed by atoms with E-state index in [-0.39, 0.29) is 18.5 Å². The Hall–Kier alpha value is -2.60. The highest BCUT2D eigenvalue weighted by Gasteiger charge is 2.12. The zero-order valence-electron chi connectivity index (χ0n) is 12.7. The maximum absolute atomic E-state index is 12.1. The first-order valence-corrected chi connectivity index (χ1v) is 7.41. The highest BCUT2D eigenvalue weighted by atomic mass is 35.5. The maximum Gasteiger partial charge on any atom is 0.322 e. The molecular formula is C16H15ClN4O2. The molecule has 7 heteroatoms. The van der Waals surface area contributed by atoms with Crippen molar-refractivity contribution < 1.29 is 9.53 Å². The molecule has 0 saturated heterocycles. The number of nitrogens with one attached hydrogen (secondary N) is 1. The number of ether oxygens (including phenoxy) is 1. The second-order valence-corrected chi connectivity index (χ2v) is 5.59. The fourth-order valence-corrected chi connectivity index (χ4v) is 2.67. The molecule has 118 valence electrons. The lowest BCUT2D eigenvalue weighted by molar-refractivity contribution is -0.118. The van der Waals surface area contributed by atoms with Gasteiger partial charge in [-0.25, -0.2) is 0 Å². The number of amides is 1. The number of aromatic nitrogens is 3. The van der Waals surface area contributed by atoms with Gasteiger partial charge in [0, 0.05) is 6.20 Å². The molecule has 3 aromatic rings. The second kappa shape index (κ2) is 6.26. The number of rotatable bonds is 4. The summed E-state index contributed by atoms with van der Waals surface area (Å²) in [6.45, 7) is 3.66. The van der Waals surface area contributed by atoms with Crippen LogP contribution in [0.25, 0.3) is 5.65 Å². The minimum atomic E-state index is -0.313. The summed E-state index contributed by atoms with van der Waals surface area (Å²) >= 11 is 6.17. The van der Waals surface area contributed by atoms with Crippen LogP contribution in [-0.2, 0) is 4.79 Å². The lowest BCUT2D eigenvalue weighted by Crippen LogP contribution is -2.21. The van der Waals surface area contributed by atoms with Gasteiger partial charge in [0.1, 0.15) is 0 Å². The molecule has 2 heterocycles. The van der Waals surface area contributed by atoms with Gasteiger partial charge in [0.2, 0.25) is 0 Å². The predicted octanol–water partition coefficient (Wildman–Crippen LogP) is 3.02. The van der Waals surface area contributed by atoms with Crippen molar-refractivity contribution in [2.45, 2.75) is 13.8 Å². The van der Waals surface area contributed by atoms with Crippen LogP contribution in [0.4, 0.5) is 5.69 Å². The van der Waals surface area contributed by atoms with E-state index in [2.05, 4.69) is 15.5 Å². The number of halogens is 1. The molecule has 0 unspecified atom stereocenters. The first-order chi connectivity index (χ1) is 11.0. The summed E-state index contributed by atoms with van der Waals surface area (Å²) in [5.41, 5.74) is 3.19. The van der Waals surface area contributed by atoms with Gasteiger partial charge in [0.05, 0.1) is 10.7 Å². The van der Waals surface area contributed by atoms with Crippen LogP contribution in [0, 0.1) is 13.8 Å². The van der Waals surface area contributed by atoms with Crippen LogP contribution in [0.2, 0.25) is 5.02 Å². The summed E-state index contributed by atoms with van der Waals surface area (Å²) < 4.78 is 7.10. The van der Waals surface area contributed by atoms with Crippen LogP contribution >= 0.6 is 11.6 Å². The number of anilines is 1. The first-order valence-electron chi connectivity index (χ1n) is 7.04. The van der Waals surface area contributed by atoms with E-state index in [1.54, 1.807) is 22.7 Å². The summed E-state index contributed by atoms with van der Waals surface area (Å²) in [5, 5.41) is 11.1. The molecule has 1 amide bonds. The predicted molar refractivity (Wildman–Crippen MR) is 88.0 cm³/mol. The number of fused-ring (bicyclic) bond motifs is 1. The third-order valence-electron chi connectivity index (χ3n) is 3.31. The molecule has 1 N–H and O–H groups in total. The summed E-state index contributed by atoms with van der Waals surface area (Å²) in [6.07, 6.45) is 1.77. The van der Waals surface area contributed by atoms with Crippen molar-refractivity contribution >= 4 is 28.8 Å². The Kier molecular flexibility index (Phi) is 4.16. The van der Waals surface area contributed by atoms with Crippen LogP contribution in [-0.4, -0.2) is 27.1 Å². The molecule has 3 rings (SSSR count). The Morgan fingerprint density at radius 1 is 1.30 bits per heavy atom. The topological polar surface area (TPSA) is 68.5 Å². The summed E-state index contributed by atoms with van der Waals surface area (Å²) in [6, 6.07) is 9.50. The van der Waals surface area contributed by atoms with Gasteiger partial charge in [0.25, 0.3) is 5.91 Å². The molecule has 0 aliphatic carbocycles. The fraction of sp³-hybridized carbons (Fsp3) is 0.188. The number of carbonyl (C=O) groups is 1. The van der Waals surface area contributed by atoms with E-state index in [9.17, 15) is 4.79 Å². The molecule has 1 aromatic carbocycles. The highest BCUT2D eigenvalue weighted by Crippen LogP contribution is 2.27. The van der Waals surface area contributed by atoms with Crippen molar-refractivity contribution in [3.8, 4) is 6.01 Å². The maximum atomic E-state index is 12.1. The molecule has 6 nitrogen and oxygen atoms in total. The molecule has 0 aliphatic rings. The van der Waals surface area contributed by atoms with E-state index in [0.717, 1.165) is 11.1 Å². The lowest BCUT2D eigenvalue weighted by Gasteiger charge is -2.11. The fourth-order valence-electron chi connectivity index (χ4n) is 2.30. The molecule has 0 fully saturated rings. The van der Waals surface area contributed by atoms with E-state index in [0.29, 0.717) is 16.4 Å².